The summed E-state index contributed by atoms with van der Waals surface area (Å²) in [5, 5.41) is 9.18. The maximum atomic E-state index is 13.3. The fourth-order valence-corrected chi connectivity index (χ4v) is 1.87. The first-order valence-corrected chi connectivity index (χ1v) is 6.04. The molecule has 0 aliphatic carbocycles. The van der Waals surface area contributed by atoms with Gasteiger partial charge in [-0.25, -0.2) is 18.7 Å². The maximum absolute atomic E-state index is 13.3. The molecule has 4 nitrogen and oxygen atoms in total. The highest BCUT2D eigenvalue weighted by Gasteiger charge is 2.44. The first kappa shape index (κ1) is 15.2. The molecule has 0 aromatic carbocycles. The van der Waals surface area contributed by atoms with Gasteiger partial charge in [0.05, 0.1) is 5.69 Å². The van der Waals surface area contributed by atoms with E-state index >= 15 is 0 Å². The third-order valence-electron chi connectivity index (χ3n) is 2.95. The molecule has 0 unspecified atom stereocenters. The van der Waals surface area contributed by atoms with E-state index in [0.29, 0.717) is 5.69 Å². The molecule has 0 saturated heterocycles. The molecule has 2 heterocycles. The van der Waals surface area contributed by atoms with Crippen LogP contribution in [0.25, 0.3) is 5.65 Å². The van der Waals surface area contributed by atoms with E-state index in [9.17, 15) is 22.8 Å². The lowest BCUT2D eigenvalue weighted by molar-refractivity contribution is -0.138. The second kappa shape index (κ2) is 4.69. The Hall–Kier alpha value is -2.17. The van der Waals surface area contributed by atoms with Crippen molar-refractivity contribution < 1.29 is 17.6 Å². The molecule has 0 bridgehead atoms. The van der Waals surface area contributed by atoms with E-state index in [2.05, 4.69) is 9.97 Å². The molecule has 0 aliphatic heterocycles. The number of nitriles is 1. The summed E-state index contributed by atoms with van der Waals surface area (Å²) in [6, 6.07) is 2.71. The molecule has 0 N–H and O–H groups in total. The summed E-state index contributed by atoms with van der Waals surface area (Å²) in [6.45, 7) is 5.41. The normalized spacial score (nSPS) is 12.9. The standard InChI is InChI=1S/C13H12F4N4/c1-12(2,3)10-7(5-18)21-6-19-8(4-9(21)20-10)13(16,17)11(14)15/h4,6,11H,1-3H3. The summed E-state index contributed by atoms with van der Waals surface area (Å²) in [4.78, 5) is 7.46. The molecule has 2 aromatic heterocycles. The monoisotopic (exact) mass is 300 g/mol. The molecule has 0 fully saturated rings. The number of imidazole rings is 1. The van der Waals surface area contributed by atoms with Crippen LogP contribution in [0.1, 0.15) is 37.9 Å². The van der Waals surface area contributed by atoms with E-state index in [1.807, 2.05) is 6.07 Å². The van der Waals surface area contributed by atoms with Crippen molar-refractivity contribution in [3.8, 4) is 6.07 Å². The highest BCUT2D eigenvalue weighted by atomic mass is 19.3. The smallest absolute Gasteiger partial charge is 0.274 e. The van der Waals surface area contributed by atoms with Gasteiger partial charge in [-0.2, -0.15) is 14.0 Å². The minimum Gasteiger partial charge on any atom is -0.274 e. The van der Waals surface area contributed by atoms with Crippen molar-refractivity contribution in [3.05, 3.63) is 29.5 Å². The van der Waals surface area contributed by atoms with Gasteiger partial charge in [0.15, 0.2) is 0 Å². The Morgan fingerprint density at radius 1 is 1.29 bits per heavy atom. The summed E-state index contributed by atoms with van der Waals surface area (Å²) in [6.07, 6.45) is -2.94. The van der Waals surface area contributed by atoms with E-state index in [4.69, 9.17) is 0 Å². The van der Waals surface area contributed by atoms with Crippen molar-refractivity contribution in [1.82, 2.24) is 14.4 Å². The Morgan fingerprint density at radius 2 is 1.90 bits per heavy atom. The largest absolute Gasteiger partial charge is 0.349 e. The van der Waals surface area contributed by atoms with E-state index < -0.39 is 23.5 Å². The highest BCUT2D eigenvalue weighted by Crippen LogP contribution is 2.34. The lowest BCUT2D eigenvalue weighted by Gasteiger charge is -2.15. The van der Waals surface area contributed by atoms with Gasteiger partial charge in [0.2, 0.25) is 0 Å². The minimum atomic E-state index is -4.36. The Bertz CT molecular complexity index is 722. The van der Waals surface area contributed by atoms with Crippen LogP contribution in [0.2, 0.25) is 0 Å². The van der Waals surface area contributed by atoms with Crippen LogP contribution in [0.15, 0.2) is 12.4 Å². The lowest BCUT2D eigenvalue weighted by Crippen LogP contribution is -2.25. The fraction of sp³-hybridized carbons (Fsp3) is 0.462. The van der Waals surface area contributed by atoms with Crippen LogP contribution in [-0.4, -0.2) is 20.8 Å². The third kappa shape index (κ3) is 2.44. The molecular weight excluding hydrogens is 288 g/mol. The summed E-state index contributed by atoms with van der Waals surface area (Å²) >= 11 is 0. The molecule has 2 rings (SSSR count). The lowest BCUT2D eigenvalue weighted by atomic mass is 9.91. The van der Waals surface area contributed by atoms with Gasteiger partial charge in [-0.05, 0) is 0 Å². The maximum Gasteiger partial charge on any atom is 0.349 e. The second-order valence-corrected chi connectivity index (χ2v) is 5.60. The van der Waals surface area contributed by atoms with E-state index in [-0.39, 0.29) is 11.3 Å². The van der Waals surface area contributed by atoms with Crippen LogP contribution in [0.4, 0.5) is 17.6 Å². The molecular formula is C13H12F4N4. The Kier molecular flexibility index (Phi) is 3.40. The van der Waals surface area contributed by atoms with Gasteiger partial charge in [0.1, 0.15) is 29.4 Å². The summed E-state index contributed by atoms with van der Waals surface area (Å²) < 4.78 is 52.6. The fourth-order valence-electron chi connectivity index (χ4n) is 1.87. The zero-order valence-electron chi connectivity index (χ0n) is 11.5. The first-order chi connectivity index (χ1) is 9.59. The number of rotatable bonds is 2. The van der Waals surface area contributed by atoms with Gasteiger partial charge < -0.3 is 0 Å². The molecule has 112 valence electrons. The van der Waals surface area contributed by atoms with Crippen LogP contribution < -0.4 is 0 Å². The highest BCUT2D eigenvalue weighted by molar-refractivity contribution is 5.49. The molecule has 0 radical (unpaired) electrons. The number of alkyl halides is 4. The molecule has 8 heteroatoms. The molecule has 0 aliphatic rings. The Balaban J connectivity index is 2.69. The third-order valence-corrected chi connectivity index (χ3v) is 2.95. The Morgan fingerprint density at radius 3 is 2.38 bits per heavy atom. The molecule has 0 saturated carbocycles. The van der Waals surface area contributed by atoms with Crippen LogP contribution in [0.3, 0.4) is 0 Å². The second-order valence-electron chi connectivity index (χ2n) is 5.60. The predicted molar refractivity (Wildman–Crippen MR) is 66.3 cm³/mol. The van der Waals surface area contributed by atoms with Gasteiger partial charge >= 0.3 is 12.3 Å². The van der Waals surface area contributed by atoms with Crippen molar-refractivity contribution in [2.45, 2.75) is 38.5 Å². The number of halogens is 4. The van der Waals surface area contributed by atoms with E-state index in [1.54, 1.807) is 20.8 Å². The number of hydrogen-bond donors (Lipinski definition) is 0. The zero-order chi connectivity index (χ0) is 16.0. The number of fused-ring (bicyclic) bond motifs is 1. The topological polar surface area (TPSA) is 54.0 Å². The number of nitrogens with zero attached hydrogens (tertiary/aromatic N) is 4. The van der Waals surface area contributed by atoms with Gasteiger partial charge in [0.25, 0.3) is 0 Å². The van der Waals surface area contributed by atoms with Gasteiger partial charge in [0, 0.05) is 11.5 Å². The SMILES string of the molecule is CC(C)(C)c1nc2cc(C(F)(F)C(F)F)ncn2c1C#N. The van der Waals surface area contributed by atoms with Crippen LogP contribution in [-0.2, 0) is 11.3 Å². The van der Waals surface area contributed by atoms with Crippen molar-refractivity contribution in [1.29, 1.82) is 5.26 Å². The van der Waals surface area contributed by atoms with E-state index in [0.717, 1.165) is 12.4 Å². The Labute approximate surface area is 118 Å². The van der Waals surface area contributed by atoms with Gasteiger partial charge in [-0.3, -0.25) is 4.40 Å². The van der Waals surface area contributed by atoms with Gasteiger partial charge in [-0.1, -0.05) is 20.8 Å². The molecule has 21 heavy (non-hydrogen) atoms. The minimum absolute atomic E-state index is 0.0122. The van der Waals surface area contributed by atoms with Gasteiger partial charge in [-0.15, -0.1) is 0 Å². The van der Waals surface area contributed by atoms with Crippen molar-refractivity contribution in [2.24, 2.45) is 0 Å². The predicted octanol–water partition coefficient (Wildman–Crippen LogP) is 3.26. The number of hydrogen-bond acceptors (Lipinski definition) is 3. The molecule has 0 amide bonds. The molecule has 0 spiro atoms. The van der Waals surface area contributed by atoms with Crippen LogP contribution >= 0.6 is 0 Å². The zero-order valence-corrected chi connectivity index (χ0v) is 11.5. The van der Waals surface area contributed by atoms with Crippen molar-refractivity contribution in [3.63, 3.8) is 0 Å². The van der Waals surface area contributed by atoms with Crippen LogP contribution in [0.5, 0.6) is 0 Å². The molecule has 0 atom stereocenters. The average Bonchev–Trinajstić information content (AvgIpc) is 2.75. The quantitative estimate of drug-likeness (QED) is 0.800. The summed E-state index contributed by atoms with van der Waals surface area (Å²) in [5.74, 6) is -4.36. The molecule has 2 aromatic rings. The first-order valence-electron chi connectivity index (χ1n) is 6.04. The average molecular weight is 300 g/mol. The summed E-state index contributed by atoms with van der Waals surface area (Å²) in [5.41, 5.74) is -1.04. The summed E-state index contributed by atoms with van der Waals surface area (Å²) in [7, 11) is 0. The number of aromatic nitrogens is 3. The van der Waals surface area contributed by atoms with E-state index in [1.165, 1.54) is 4.40 Å². The van der Waals surface area contributed by atoms with Crippen molar-refractivity contribution in [2.75, 3.05) is 0 Å². The van der Waals surface area contributed by atoms with Crippen LogP contribution in [0, 0.1) is 11.3 Å². The van der Waals surface area contributed by atoms with Crippen molar-refractivity contribution >= 4 is 5.65 Å².